The van der Waals surface area contributed by atoms with E-state index in [1.165, 1.54) is 6.07 Å². The summed E-state index contributed by atoms with van der Waals surface area (Å²) in [5, 5.41) is 3.59. The molecule has 0 aliphatic heterocycles. The lowest BCUT2D eigenvalue weighted by molar-refractivity contribution is -0.118. The van der Waals surface area contributed by atoms with Crippen molar-refractivity contribution >= 4 is 11.6 Å². The Bertz CT molecular complexity index is 860. The molecule has 30 heavy (non-hydrogen) atoms. The molecule has 8 heteroatoms. The van der Waals surface area contributed by atoms with Crippen LogP contribution in [0, 0.1) is 5.82 Å². The fourth-order valence-electron chi connectivity index (χ4n) is 3.42. The number of rotatable bonds is 11. The van der Waals surface area contributed by atoms with Crippen LogP contribution in [0.3, 0.4) is 0 Å². The zero-order chi connectivity index (χ0) is 21.7. The Balaban J connectivity index is 1.55. The molecule has 1 aromatic carbocycles. The second kappa shape index (κ2) is 9.62. The van der Waals surface area contributed by atoms with Crippen molar-refractivity contribution in [2.75, 3.05) is 11.4 Å². The van der Waals surface area contributed by atoms with Crippen LogP contribution in [0.2, 0.25) is 0 Å². The highest BCUT2D eigenvalue weighted by Crippen LogP contribution is 2.42. The number of carbonyl (C=O) groups is 1. The van der Waals surface area contributed by atoms with E-state index in [1.807, 2.05) is 13.0 Å². The second-order valence-electron chi connectivity index (χ2n) is 7.99. The number of halogens is 3. The highest BCUT2D eigenvalue weighted by atomic mass is 19.3. The predicted molar refractivity (Wildman–Crippen MR) is 107 cm³/mol. The first-order valence-electron chi connectivity index (χ1n) is 10.6. The number of carbonyl (C=O) groups excluding carboxylic acids is 1. The van der Waals surface area contributed by atoms with Crippen molar-refractivity contribution < 1.29 is 22.5 Å². The first-order chi connectivity index (χ1) is 14.3. The number of nitrogens with zero attached hydrogens (tertiary/aromatic N) is 3. The van der Waals surface area contributed by atoms with Gasteiger partial charge in [-0.05, 0) is 61.8 Å². The van der Waals surface area contributed by atoms with Crippen LogP contribution >= 0.6 is 0 Å². The number of unbranched alkanes of at least 4 members (excludes halogenated alkanes) is 2. The molecule has 1 heterocycles. The molecule has 5 nitrogen and oxygen atoms in total. The van der Waals surface area contributed by atoms with Crippen molar-refractivity contribution in [1.82, 2.24) is 10.1 Å². The normalized spacial score (nSPS) is 14.2. The highest BCUT2D eigenvalue weighted by molar-refractivity contribution is 5.93. The van der Waals surface area contributed by atoms with Gasteiger partial charge in [-0.25, -0.2) is 4.39 Å². The molecular weight excluding hydrogens is 395 g/mol. The lowest BCUT2D eigenvalue weighted by atomic mass is 10.1. The fraction of sp³-hybridized carbons (Fsp3) is 0.591. The van der Waals surface area contributed by atoms with E-state index in [1.54, 1.807) is 11.0 Å². The van der Waals surface area contributed by atoms with Crippen molar-refractivity contribution in [2.24, 2.45) is 0 Å². The first-order valence-corrected chi connectivity index (χ1v) is 10.6. The summed E-state index contributed by atoms with van der Waals surface area (Å²) < 4.78 is 45.0. The average molecular weight is 423 g/mol. The predicted octanol–water partition coefficient (Wildman–Crippen LogP) is 5.74. The highest BCUT2D eigenvalue weighted by Gasteiger charge is 2.32. The Hall–Kier alpha value is -2.38. The Morgan fingerprint density at radius 2 is 2.03 bits per heavy atom. The standard InChI is InChI=1S/C22H28F3N3O2/c1-3-7-20(29)28(16-11-12-18(23)17(14-16)15-9-10-15)13-6-4-5-8-19-26-21(30-27-19)22(2,24)25/h11-12,14-15H,3-10,13H2,1-2H3. The number of aryl methyl sites for hydroxylation is 1. The summed E-state index contributed by atoms with van der Waals surface area (Å²) in [4.78, 5) is 18.1. The van der Waals surface area contributed by atoms with Gasteiger partial charge in [0.1, 0.15) is 5.82 Å². The fourth-order valence-corrected chi connectivity index (χ4v) is 3.42. The minimum absolute atomic E-state index is 0.0267. The van der Waals surface area contributed by atoms with Gasteiger partial charge in [0, 0.05) is 32.0 Å². The SMILES string of the molecule is CCCC(=O)N(CCCCCc1noc(C(C)(F)F)n1)c1ccc(F)c(C2CC2)c1. The van der Waals surface area contributed by atoms with E-state index in [0.29, 0.717) is 31.4 Å². The lowest BCUT2D eigenvalue weighted by Crippen LogP contribution is -2.31. The summed E-state index contributed by atoms with van der Waals surface area (Å²) in [7, 11) is 0. The Morgan fingerprint density at radius 1 is 1.27 bits per heavy atom. The van der Waals surface area contributed by atoms with Gasteiger partial charge in [-0.1, -0.05) is 18.5 Å². The molecule has 0 radical (unpaired) electrons. The van der Waals surface area contributed by atoms with Crippen LogP contribution in [-0.4, -0.2) is 22.6 Å². The topological polar surface area (TPSA) is 59.2 Å². The maximum atomic E-state index is 14.1. The van der Waals surface area contributed by atoms with E-state index < -0.39 is 11.8 Å². The maximum absolute atomic E-state index is 14.1. The molecule has 0 N–H and O–H groups in total. The van der Waals surface area contributed by atoms with Gasteiger partial charge in [-0.2, -0.15) is 13.8 Å². The number of benzene rings is 1. The Kier molecular flexibility index (Phi) is 7.15. The number of anilines is 1. The van der Waals surface area contributed by atoms with Crippen LogP contribution in [0.25, 0.3) is 0 Å². The molecule has 2 aromatic rings. The molecule has 164 valence electrons. The molecule has 0 unspecified atom stereocenters. The third kappa shape index (κ3) is 5.83. The van der Waals surface area contributed by atoms with Crippen LogP contribution in [0.15, 0.2) is 22.7 Å². The van der Waals surface area contributed by atoms with Gasteiger partial charge < -0.3 is 9.42 Å². The summed E-state index contributed by atoms with van der Waals surface area (Å²) in [6.45, 7) is 3.20. The van der Waals surface area contributed by atoms with Gasteiger partial charge >= 0.3 is 5.92 Å². The summed E-state index contributed by atoms with van der Waals surface area (Å²) in [6, 6.07) is 4.93. The van der Waals surface area contributed by atoms with Gasteiger partial charge in [-0.15, -0.1) is 0 Å². The molecule has 0 bridgehead atoms. The van der Waals surface area contributed by atoms with E-state index in [0.717, 1.165) is 44.7 Å². The quantitative estimate of drug-likeness (QED) is 0.432. The smallest absolute Gasteiger partial charge is 0.322 e. The van der Waals surface area contributed by atoms with Gasteiger partial charge in [0.2, 0.25) is 5.91 Å². The third-order valence-corrected chi connectivity index (χ3v) is 5.20. The minimum Gasteiger partial charge on any atom is -0.333 e. The molecule has 1 aliphatic rings. The van der Waals surface area contributed by atoms with Crippen LogP contribution < -0.4 is 4.90 Å². The zero-order valence-electron chi connectivity index (χ0n) is 17.5. The van der Waals surface area contributed by atoms with Crippen molar-refractivity contribution in [1.29, 1.82) is 0 Å². The molecule has 1 fully saturated rings. The van der Waals surface area contributed by atoms with Crippen molar-refractivity contribution in [3.63, 3.8) is 0 Å². The number of aromatic nitrogens is 2. The molecule has 0 atom stereocenters. The summed E-state index contributed by atoms with van der Waals surface area (Å²) in [5.41, 5.74) is 1.44. The van der Waals surface area contributed by atoms with Gasteiger partial charge in [0.05, 0.1) is 0 Å². The van der Waals surface area contributed by atoms with E-state index >= 15 is 0 Å². The van der Waals surface area contributed by atoms with E-state index in [2.05, 4.69) is 14.7 Å². The van der Waals surface area contributed by atoms with Crippen molar-refractivity contribution in [3.05, 3.63) is 41.3 Å². The minimum atomic E-state index is -3.14. The van der Waals surface area contributed by atoms with E-state index in [4.69, 9.17) is 0 Å². The Labute approximate surface area is 174 Å². The zero-order valence-corrected chi connectivity index (χ0v) is 17.5. The third-order valence-electron chi connectivity index (χ3n) is 5.20. The largest absolute Gasteiger partial charge is 0.333 e. The van der Waals surface area contributed by atoms with Gasteiger partial charge in [0.25, 0.3) is 5.89 Å². The van der Waals surface area contributed by atoms with Crippen LogP contribution in [0.1, 0.15) is 82.0 Å². The van der Waals surface area contributed by atoms with Gasteiger partial charge in [-0.3, -0.25) is 4.79 Å². The van der Waals surface area contributed by atoms with Crippen LogP contribution in [0.4, 0.5) is 18.9 Å². The maximum Gasteiger partial charge on any atom is 0.322 e. The van der Waals surface area contributed by atoms with E-state index in [9.17, 15) is 18.0 Å². The Morgan fingerprint density at radius 3 is 2.67 bits per heavy atom. The number of alkyl halides is 2. The van der Waals surface area contributed by atoms with Crippen molar-refractivity contribution in [2.45, 2.75) is 77.1 Å². The second-order valence-corrected chi connectivity index (χ2v) is 7.99. The molecule has 0 spiro atoms. The molecule has 1 aromatic heterocycles. The number of amides is 1. The van der Waals surface area contributed by atoms with Crippen LogP contribution in [0.5, 0.6) is 0 Å². The first kappa shape index (κ1) is 22.3. The van der Waals surface area contributed by atoms with Gasteiger partial charge in [0.15, 0.2) is 5.82 Å². The molecule has 0 saturated heterocycles. The number of hydrogen-bond donors (Lipinski definition) is 0. The molecule has 1 amide bonds. The summed E-state index contributed by atoms with van der Waals surface area (Å²) >= 11 is 0. The molecule has 1 saturated carbocycles. The summed E-state index contributed by atoms with van der Waals surface area (Å²) in [5.74, 6) is -3.46. The van der Waals surface area contributed by atoms with Crippen molar-refractivity contribution in [3.8, 4) is 0 Å². The molecular formula is C22H28F3N3O2. The van der Waals surface area contributed by atoms with Crippen LogP contribution in [-0.2, 0) is 17.1 Å². The van der Waals surface area contributed by atoms with E-state index in [-0.39, 0.29) is 23.5 Å². The monoisotopic (exact) mass is 423 g/mol. The molecule has 1 aliphatic carbocycles. The number of hydrogen-bond acceptors (Lipinski definition) is 4. The summed E-state index contributed by atoms with van der Waals surface area (Å²) in [6.07, 6.45) is 5.81. The molecule has 3 rings (SSSR count). The average Bonchev–Trinajstić information content (AvgIpc) is 3.41. The lowest BCUT2D eigenvalue weighted by Gasteiger charge is -2.23.